The fourth-order valence-corrected chi connectivity index (χ4v) is 25.8. The molecular weight excluding hydrogens is 357 g/mol. The highest BCUT2D eigenvalue weighted by Crippen LogP contribution is 2.29. The Hall–Kier alpha value is 0.964. The molecule has 0 aliphatic heterocycles. The van der Waals surface area contributed by atoms with E-state index in [2.05, 4.69) is 78.6 Å². The summed E-state index contributed by atoms with van der Waals surface area (Å²) in [4.78, 5) is 0. The molecule has 0 bridgehead atoms. The summed E-state index contributed by atoms with van der Waals surface area (Å²) in [6.07, 6.45) is 0. The van der Waals surface area contributed by atoms with Gasteiger partial charge in [-0.25, -0.2) is 0 Å². The van der Waals surface area contributed by atoms with E-state index in [1.165, 1.54) is 0 Å². The van der Waals surface area contributed by atoms with E-state index in [-0.39, 0.29) is 0 Å². The van der Waals surface area contributed by atoms with Gasteiger partial charge in [-0.15, -0.1) is 0 Å². The largest absolute Gasteiger partial charge is 0.456 e. The monoisotopic (exact) mass is 396 g/mol. The summed E-state index contributed by atoms with van der Waals surface area (Å²) in [5, 5.41) is 0. The minimum atomic E-state index is -2.11. The molecule has 0 aliphatic rings. The van der Waals surface area contributed by atoms with Crippen molar-refractivity contribution in [1.29, 1.82) is 0 Å². The zero-order chi connectivity index (χ0) is 18.0. The first-order chi connectivity index (χ1) is 9.33. The second kappa shape index (κ2) is 7.46. The highest BCUT2D eigenvalue weighted by Gasteiger charge is 2.42. The van der Waals surface area contributed by atoms with Gasteiger partial charge in [-0.2, -0.15) is 0 Å². The lowest BCUT2D eigenvalue weighted by Crippen LogP contribution is -2.53. The van der Waals surface area contributed by atoms with Crippen LogP contribution in [0.3, 0.4) is 0 Å². The molecule has 0 unspecified atom stereocenters. The van der Waals surface area contributed by atoms with Gasteiger partial charge in [0.25, 0.3) is 0 Å². The minimum Gasteiger partial charge on any atom is -0.456 e. The molecule has 8 heteroatoms. The number of hydrogen-bond donors (Lipinski definition) is 0. The smallest absolute Gasteiger partial charge is 0.314 e. The van der Waals surface area contributed by atoms with E-state index in [0.717, 1.165) is 12.1 Å². The predicted octanol–water partition coefficient (Wildman–Crippen LogP) is 5.82. The van der Waals surface area contributed by atoms with Crippen LogP contribution < -0.4 is 0 Å². The molecule has 0 saturated carbocycles. The van der Waals surface area contributed by atoms with E-state index in [1.807, 2.05) is 0 Å². The van der Waals surface area contributed by atoms with Crippen LogP contribution >= 0.6 is 0 Å². The van der Waals surface area contributed by atoms with Gasteiger partial charge in [-0.3, -0.25) is 0 Å². The lowest BCUT2D eigenvalue weighted by Gasteiger charge is -2.40. The molecule has 22 heavy (non-hydrogen) atoms. The zero-order valence-electron chi connectivity index (χ0n) is 17.1. The van der Waals surface area contributed by atoms with E-state index < -0.39 is 41.8 Å². The summed E-state index contributed by atoms with van der Waals surface area (Å²) in [7, 11) is -8.40. The molecule has 0 fully saturated rings. The van der Waals surface area contributed by atoms with E-state index in [4.69, 9.17) is 12.3 Å². The van der Waals surface area contributed by atoms with Gasteiger partial charge in [0.1, 0.15) is 0 Å². The van der Waals surface area contributed by atoms with Gasteiger partial charge in [0.15, 0.2) is 33.3 Å². The molecule has 0 aromatic heterocycles. The molecule has 0 spiro atoms. The average molecular weight is 397 g/mol. The third-order valence-electron chi connectivity index (χ3n) is 2.81. The number of rotatable bonds is 9. The quantitative estimate of drug-likeness (QED) is 0.460. The molecule has 0 aromatic rings. The van der Waals surface area contributed by atoms with E-state index >= 15 is 0 Å². The summed E-state index contributed by atoms with van der Waals surface area (Å²) in [6.45, 7) is 27.5. The molecule has 0 radical (unpaired) electrons. The molecule has 0 aromatic carbocycles. The lowest BCUT2D eigenvalue weighted by atomic mass is 10.9. The lowest BCUT2D eigenvalue weighted by molar-refractivity contribution is 0.384. The summed E-state index contributed by atoms with van der Waals surface area (Å²) >= 11 is 0. The Labute approximate surface area is 144 Å². The van der Waals surface area contributed by atoms with Gasteiger partial charge in [0, 0.05) is 0 Å². The van der Waals surface area contributed by atoms with Crippen molar-refractivity contribution in [1.82, 2.24) is 0 Å². The molecule has 0 amide bonds. The van der Waals surface area contributed by atoms with Crippen LogP contribution in [0.5, 0.6) is 0 Å². The van der Waals surface area contributed by atoms with Crippen molar-refractivity contribution in [2.24, 2.45) is 0 Å². The normalized spacial score (nSPS) is 15.3. The molecule has 3 nitrogen and oxygen atoms in total. The van der Waals surface area contributed by atoms with Crippen molar-refractivity contribution < 1.29 is 12.3 Å². The fourth-order valence-electron chi connectivity index (χ4n) is 2.83. The van der Waals surface area contributed by atoms with Crippen LogP contribution in [0.15, 0.2) is 0 Å². The topological polar surface area (TPSA) is 27.7 Å². The molecule has 0 aliphatic carbocycles. The maximum absolute atomic E-state index is 6.60. The first-order valence-electron chi connectivity index (χ1n) is 8.43. The highest BCUT2D eigenvalue weighted by atomic mass is 28.5. The Morgan fingerprint density at radius 1 is 0.455 bits per heavy atom. The van der Waals surface area contributed by atoms with Crippen LogP contribution in [0.2, 0.25) is 90.7 Å². The van der Waals surface area contributed by atoms with Gasteiger partial charge in [-0.05, 0) is 90.7 Å². The van der Waals surface area contributed by atoms with Crippen molar-refractivity contribution in [3.8, 4) is 0 Å². The van der Waals surface area contributed by atoms with Gasteiger partial charge in [-0.1, -0.05) is 0 Å². The maximum Gasteiger partial charge on any atom is 0.314 e. The van der Waals surface area contributed by atoms with Crippen molar-refractivity contribution >= 4 is 41.8 Å². The summed E-state index contributed by atoms with van der Waals surface area (Å²) < 4.78 is 19.7. The van der Waals surface area contributed by atoms with Crippen LogP contribution in [0.4, 0.5) is 0 Å². The maximum atomic E-state index is 6.60. The predicted molar refractivity (Wildman–Crippen MR) is 112 cm³/mol. The van der Waals surface area contributed by atoms with Crippen LogP contribution in [0.1, 0.15) is 0 Å². The fraction of sp³-hybridized carbons (Fsp3) is 1.00. The molecule has 0 N–H and O–H groups in total. The van der Waals surface area contributed by atoms with Crippen molar-refractivity contribution in [3.63, 3.8) is 0 Å². The molecule has 0 atom stereocenters. The van der Waals surface area contributed by atoms with E-state index in [0.29, 0.717) is 0 Å². The van der Waals surface area contributed by atoms with Gasteiger partial charge in [0.05, 0.1) is 0 Å². The average Bonchev–Trinajstić information content (AvgIpc) is 2.04. The van der Waals surface area contributed by atoms with Gasteiger partial charge >= 0.3 is 8.56 Å². The molecule has 0 saturated heterocycles. The van der Waals surface area contributed by atoms with Crippen LogP contribution in [-0.4, -0.2) is 41.8 Å². The van der Waals surface area contributed by atoms with Crippen molar-refractivity contribution in [2.75, 3.05) is 0 Å². The Balaban J connectivity index is 5.00. The van der Waals surface area contributed by atoms with Crippen molar-refractivity contribution in [3.05, 3.63) is 0 Å². The van der Waals surface area contributed by atoms with Gasteiger partial charge in [0.2, 0.25) is 0 Å². The van der Waals surface area contributed by atoms with Crippen LogP contribution in [0, 0.1) is 0 Å². The second-order valence-electron chi connectivity index (χ2n) is 10.0. The molecule has 0 heterocycles. The third kappa shape index (κ3) is 12.4. The summed E-state index contributed by atoms with van der Waals surface area (Å²) in [5.74, 6) is 0. The van der Waals surface area contributed by atoms with E-state index in [1.54, 1.807) is 0 Å². The third-order valence-corrected chi connectivity index (χ3v) is 18.9. The zero-order valence-corrected chi connectivity index (χ0v) is 22.1. The van der Waals surface area contributed by atoms with E-state index in [9.17, 15) is 0 Å². The van der Waals surface area contributed by atoms with Gasteiger partial charge < -0.3 is 12.3 Å². The first-order valence-corrected chi connectivity index (χ1v) is 24.3. The van der Waals surface area contributed by atoms with Crippen LogP contribution in [-0.2, 0) is 12.3 Å². The summed E-state index contributed by atoms with van der Waals surface area (Å²) in [6, 6.07) is 2.22. The molecule has 134 valence electrons. The molecular formula is C14H40O3Si5. The second-order valence-corrected chi connectivity index (χ2v) is 31.9. The Morgan fingerprint density at radius 3 is 1.05 bits per heavy atom. The Morgan fingerprint density at radius 2 is 0.773 bits per heavy atom. The standard InChI is InChI=1S/C14H40O3Si5/c1-18(2,3)15-21(10,11)13-14-22(12,16-19(4,5)6)17-20(7,8)9/h13-14H2,1-12H3. The highest BCUT2D eigenvalue weighted by molar-refractivity contribution is 6.89. The van der Waals surface area contributed by atoms with Crippen LogP contribution in [0.25, 0.3) is 0 Å². The summed E-state index contributed by atoms with van der Waals surface area (Å²) in [5.41, 5.74) is 0. The van der Waals surface area contributed by atoms with Crippen molar-refractivity contribution in [2.45, 2.75) is 90.7 Å². The SMILES string of the molecule is C[Si](C)(C)O[Si](C)(C)CC[Si](C)(O[Si](C)(C)C)O[Si](C)(C)C. The number of hydrogen-bond acceptors (Lipinski definition) is 3. The molecule has 0 rings (SSSR count). The minimum absolute atomic E-state index is 1.07. The Kier molecular flexibility index (Phi) is 7.79. The first kappa shape index (κ1) is 23.0. The Bertz CT molecular complexity index is 337.